The van der Waals surface area contributed by atoms with Crippen molar-refractivity contribution < 1.29 is 9.90 Å². The van der Waals surface area contributed by atoms with Crippen molar-refractivity contribution in [2.45, 2.75) is 0 Å². The van der Waals surface area contributed by atoms with Gasteiger partial charge in [0.25, 0.3) is 0 Å². The number of hydrogen-bond donors (Lipinski definition) is 1. The van der Waals surface area contributed by atoms with Crippen molar-refractivity contribution in [3.05, 3.63) is 23.8 Å². The molecule has 0 radical (unpaired) electrons. The van der Waals surface area contributed by atoms with E-state index in [4.69, 9.17) is 0 Å². The first-order valence-corrected chi connectivity index (χ1v) is 6.18. The number of fused-ring (bicyclic) bond motifs is 1. The molecule has 19 heavy (non-hydrogen) atoms. The molecule has 2 aromatic rings. The summed E-state index contributed by atoms with van der Waals surface area (Å²) < 4.78 is 0. The normalized spacial score (nSPS) is 17.0. The highest BCUT2D eigenvalue weighted by Crippen LogP contribution is 2.17. The number of carboxylic acid groups (broad SMARTS) is 1. The van der Waals surface area contributed by atoms with Crippen molar-refractivity contribution in [1.82, 2.24) is 20.0 Å². The van der Waals surface area contributed by atoms with Crippen molar-refractivity contribution in [3.63, 3.8) is 0 Å². The van der Waals surface area contributed by atoms with Crippen LogP contribution in [0.15, 0.2) is 18.2 Å². The topological polar surface area (TPSA) is 74.5 Å². The largest absolute Gasteiger partial charge is 0.478 e. The molecule has 0 amide bonds. The van der Waals surface area contributed by atoms with Crippen LogP contribution >= 0.6 is 0 Å². The zero-order valence-corrected chi connectivity index (χ0v) is 10.7. The molecule has 1 aliphatic heterocycles. The molecule has 1 fully saturated rings. The Hall–Kier alpha value is -2.15. The summed E-state index contributed by atoms with van der Waals surface area (Å²) in [6, 6.07) is 5.05. The highest BCUT2D eigenvalue weighted by molar-refractivity contribution is 6.00. The first kappa shape index (κ1) is 11.9. The molecule has 0 aliphatic carbocycles. The molecule has 1 aromatic carbocycles. The van der Waals surface area contributed by atoms with Crippen LogP contribution in [0, 0.1) is 0 Å². The van der Waals surface area contributed by atoms with Gasteiger partial charge in [-0.05, 0) is 24.4 Å². The Morgan fingerprint density at radius 2 is 2.00 bits per heavy atom. The molecular weight excluding hydrogens is 246 g/mol. The van der Waals surface area contributed by atoms with Gasteiger partial charge in [0.2, 0.25) is 0 Å². The number of piperazine rings is 1. The quantitative estimate of drug-likeness (QED) is 0.821. The standard InChI is InChI=1S/C12H15N5O2/c1-15-5-7-16(8-6-15)17-11-9(12(18)19)3-2-4-10(11)13-14-17/h2-4H,5-8H2,1H3,(H,18,19). The van der Waals surface area contributed by atoms with Gasteiger partial charge in [-0.1, -0.05) is 6.07 Å². The molecular formula is C12H15N5O2. The van der Waals surface area contributed by atoms with Gasteiger partial charge in [0.1, 0.15) is 11.0 Å². The van der Waals surface area contributed by atoms with E-state index in [-0.39, 0.29) is 5.56 Å². The Kier molecular flexibility index (Phi) is 2.83. The van der Waals surface area contributed by atoms with Crippen LogP contribution in [0.3, 0.4) is 0 Å². The maximum absolute atomic E-state index is 11.3. The number of benzene rings is 1. The molecule has 100 valence electrons. The molecule has 2 heterocycles. The van der Waals surface area contributed by atoms with E-state index in [0.717, 1.165) is 26.2 Å². The van der Waals surface area contributed by atoms with Crippen molar-refractivity contribution in [1.29, 1.82) is 0 Å². The minimum absolute atomic E-state index is 0.237. The lowest BCUT2D eigenvalue weighted by Crippen LogP contribution is -2.50. The second-order valence-corrected chi connectivity index (χ2v) is 4.71. The number of aromatic nitrogens is 3. The van der Waals surface area contributed by atoms with E-state index in [1.807, 2.05) is 5.01 Å². The van der Waals surface area contributed by atoms with E-state index < -0.39 is 5.97 Å². The molecule has 0 unspecified atom stereocenters. The second kappa shape index (κ2) is 4.51. The monoisotopic (exact) mass is 261 g/mol. The Morgan fingerprint density at radius 3 is 2.68 bits per heavy atom. The highest BCUT2D eigenvalue weighted by Gasteiger charge is 2.20. The van der Waals surface area contributed by atoms with Crippen LogP contribution in [0.4, 0.5) is 0 Å². The van der Waals surface area contributed by atoms with Crippen LogP contribution in [0.2, 0.25) is 0 Å². The van der Waals surface area contributed by atoms with Crippen LogP contribution in [0.25, 0.3) is 11.0 Å². The first-order valence-electron chi connectivity index (χ1n) is 6.18. The van der Waals surface area contributed by atoms with Gasteiger partial charge in [0, 0.05) is 26.2 Å². The molecule has 1 aliphatic rings. The van der Waals surface area contributed by atoms with Gasteiger partial charge in [-0.25, -0.2) is 4.79 Å². The van der Waals surface area contributed by atoms with Crippen LogP contribution < -0.4 is 5.01 Å². The fourth-order valence-electron chi connectivity index (χ4n) is 2.31. The van der Waals surface area contributed by atoms with Crippen LogP contribution in [0.1, 0.15) is 10.4 Å². The van der Waals surface area contributed by atoms with Gasteiger partial charge in [0.15, 0.2) is 0 Å². The Morgan fingerprint density at radius 1 is 1.26 bits per heavy atom. The predicted molar refractivity (Wildman–Crippen MR) is 69.9 cm³/mol. The molecule has 0 saturated carbocycles. The zero-order chi connectivity index (χ0) is 13.4. The summed E-state index contributed by atoms with van der Waals surface area (Å²) in [5.41, 5.74) is 1.42. The third-order valence-corrected chi connectivity index (χ3v) is 3.43. The minimum atomic E-state index is -0.955. The van der Waals surface area contributed by atoms with E-state index >= 15 is 0 Å². The molecule has 1 aromatic heterocycles. The summed E-state index contributed by atoms with van der Waals surface area (Å²) in [5.74, 6) is -0.955. The fourth-order valence-corrected chi connectivity index (χ4v) is 2.31. The first-order chi connectivity index (χ1) is 9.16. The molecule has 7 heteroatoms. The zero-order valence-electron chi connectivity index (χ0n) is 10.7. The molecule has 1 N–H and O–H groups in total. The van der Waals surface area contributed by atoms with Gasteiger partial charge in [-0.15, -0.1) is 5.10 Å². The molecule has 7 nitrogen and oxygen atoms in total. The minimum Gasteiger partial charge on any atom is -0.478 e. The van der Waals surface area contributed by atoms with Crippen LogP contribution in [-0.2, 0) is 0 Å². The number of rotatable bonds is 2. The fraction of sp³-hybridized carbons (Fsp3) is 0.417. The number of carbonyl (C=O) groups is 1. The van der Waals surface area contributed by atoms with Gasteiger partial charge < -0.3 is 10.0 Å². The number of hydrogen-bond acceptors (Lipinski definition) is 5. The molecule has 1 saturated heterocycles. The van der Waals surface area contributed by atoms with Gasteiger partial charge in [0.05, 0.1) is 5.56 Å². The van der Waals surface area contributed by atoms with E-state index in [9.17, 15) is 9.90 Å². The second-order valence-electron chi connectivity index (χ2n) is 4.71. The average molecular weight is 261 g/mol. The number of carboxylic acids is 1. The van der Waals surface area contributed by atoms with Crippen LogP contribution in [0.5, 0.6) is 0 Å². The SMILES string of the molecule is CN1CCN(n2nnc3cccc(C(=O)O)c32)CC1. The summed E-state index contributed by atoms with van der Waals surface area (Å²) >= 11 is 0. The average Bonchev–Trinajstić information content (AvgIpc) is 2.83. The number of aromatic carboxylic acids is 1. The Labute approximate surface area is 110 Å². The molecule has 3 rings (SSSR count). The van der Waals surface area contributed by atoms with Crippen molar-refractivity contribution in [2.75, 3.05) is 38.2 Å². The summed E-state index contributed by atoms with van der Waals surface area (Å²) in [4.78, 5) is 15.2. The highest BCUT2D eigenvalue weighted by atomic mass is 16.4. The number of nitrogens with zero attached hydrogens (tertiary/aromatic N) is 5. The maximum Gasteiger partial charge on any atom is 0.338 e. The molecule has 0 spiro atoms. The van der Waals surface area contributed by atoms with Crippen molar-refractivity contribution in [2.24, 2.45) is 0 Å². The third kappa shape index (κ3) is 2.01. The van der Waals surface area contributed by atoms with E-state index in [0.29, 0.717) is 11.0 Å². The Bertz CT molecular complexity index is 616. The summed E-state index contributed by atoms with van der Waals surface area (Å²) in [6.07, 6.45) is 0. The lowest BCUT2D eigenvalue weighted by molar-refractivity contribution is 0.0698. The summed E-state index contributed by atoms with van der Waals surface area (Å²) in [5, 5.41) is 19.4. The van der Waals surface area contributed by atoms with Gasteiger partial charge >= 0.3 is 5.97 Å². The van der Waals surface area contributed by atoms with E-state index in [2.05, 4.69) is 22.3 Å². The Balaban J connectivity index is 2.06. The number of likely N-dealkylation sites (N-methyl/N-ethyl adjacent to an activating group) is 1. The predicted octanol–water partition coefficient (Wildman–Crippen LogP) is 0.0129. The summed E-state index contributed by atoms with van der Waals surface area (Å²) in [6.45, 7) is 3.47. The smallest absolute Gasteiger partial charge is 0.338 e. The molecule has 0 bridgehead atoms. The van der Waals surface area contributed by atoms with Gasteiger partial charge in [-0.3, -0.25) is 5.01 Å². The summed E-state index contributed by atoms with van der Waals surface area (Å²) in [7, 11) is 2.07. The van der Waals surface area contributed by atoms with E-state index in [1.54, 1.807) is 23.0 Å². The lowest BCUT2D eigenvalue weighted by atomic mass is 10.2. The van der Waals surface area contributed by atoms with Gasteiger partial charge in [-0.2, -0.15) is 4.79 Å². The third-order valence-electron chi connectivity index (χ3n) is 3.43. The lowest BCUT2D eigenvalue weighted by Gasteiger charge is -2.33. The van der Waals surface area contributed by atoms with Crippen LogP contribution in [-0.4, -0.2) is 64.3 Å². The maximum atomic E-state index is 11.3. The van der Waals surface area contributed by atoms with Crippen molar-refractivity contribution >= 4 is 17.0 Å². The number of para-hydroxylation sites is 1. The van der Waals surface area contributed by atoms with Crippen molar-refractivity contribution in [3.8, 4) is 0 Å². The molecule has 0 atom stereocenters. The van der Waals surface area contributed by atoms with E-state index in [1.165, 1.54) is 0 Å².